The van der Waals surface area contributed by atoms with E-state index in [0.717, 1.165) is 24.1 Å². The lowest BCUT2D eigenvalue weighted by atomic mass is 10.2. The summed E-state index contributed by atoms with van der Waals surface area (Å²) in [6, 6.07) is 6.71. The van der Waals surface area contributed by atoms with Crippen LogP contribution in [-0.4, -0.2) is 22.0 Å². The van der Waals surface area contributed by atoms with E-state index in [0.29, 0.717) is 12.2 Å². The third kappa shape index (κ3) is 4.96. The molecule has 1 heterocycles. The van der Waals surface area contributed by atoms with Gasteiger partial charge in [0.15, 0.2) is 0 Å². The van der Waals surface area contributed by atoms with Crippen molar-refractivity contribution >= 4 is 23.5 Å². The van der Waals surface area contributed by atoms with Crippen LogP contribution in [0.15, 0.2) is 39.9 Å². The van der Waals surface area contributed by atoms with Crippen molar-refractivity contribution in [1.29, 1.82) is 0 Å². The summed E-state index contributed by atoms with van der Waals surface area (Å²) in [5.74, 6) is 1.02. The van der Waals surface area contributed by atoms with Crippen LogP contribution in [0.5, 0.6) is 0 Å². The maximum absolute atomic E-state index is 11.7. The summed E-state index contributed by atoms with van der Waals surface area (Å²) in [6.07, 6.45) is 1.59. The standard InChI is InChI=1S/C15H14N4O6/c1-10-2-5-13(25-10)6-7-15(20)17-16-9-11-3-4-12(18(21)22)8-14(11)19(23)24/h2-5,8-9H,6-7H2,1H3,(H,17,20). The van der Waals surface area contributed by atoms with E-state index in [1.54, 1.807) is 19.1 Å². The summed E-state index contributed by atoms with van der Waals surface area (Å²) in [7, 11) is 0. The predicted octanol–water partition coefficient (Wildman–Crippen LogP) is 2.49. The average Bonchev–Trinajstić information content (AvgIpc) is 2.98. The van der Waals surface area contributed by atoms with E-state index in [9.17, 15) is 25.0 Å². The molecule has 1 amide bonds. The number of non-ortho nitro benzene ring substituents is 1. The molecule has 2 aromatic rings. The summed E-state index contributed by atoms with van der Waals surface area (Å²) in [5.41, 5.74) is 1.41. The Morgan fingerprint density at radius 3 is 2.60 bits per heavy atom. The first-order valence-electron chi connectivity index (χ1n) is 7.17. The zero-order valence-electron chi connectivity index (χ0n) is 13.2. The number of rotatable bonds is 7. The third-order valence-electron chi connectivity index (χ3n) is 3.21. The van der Waals surface area contributed by atoms with E-state index < -0.39 is 27.1 Å². The second-order valence-electron chi connectivity index (χ2n) is 5.06. The van der Waals surface area contributed by atoms with Crippen molar-refractivity contribution < 1.29 is 19.1 Å². The minimum absolute atomic E-state index is 0.0394. The number of carbonyl (C=O) groups is 1. The molecule has 0 bridgehead atoms. The monoisotopic (exact) mass is 346 g/mol. The summed E-state index contributed by atoms with van der Waals surface area (Å²) >= 11 is 0. The fraction of sp³-hybridized carbons (Fsp3) is 0.200. The molecule has 0 unspecified atom stereocenters. The fourth-order valence-electron chi connectivity index (χ4n) is 2.00. The van der Waals surface area contributed by atoms with E-state index in [-0.39, 0.29) is 12.0 Å². The summed E-state index contributed by atoms with van der Waals surface area (Å²) in [6.45, 7) is 1.80. The van der Waals surface area contributed by atoms with Gasteiger partial charge in [-0.1, -0.05) is 0 Å². The van der Waals surface area contributed by atoms with Gasteiger partial charge in [0.05, 0.1) is 27.7 Å². The molecule has 25 heavy (non-hydrogen) atoms. The van der Waals surface area contributed by atoms with Crippen LogP contribution in [0.25, 0.3) is 0 Å². The van der Waals surface area contributed by atoms with Gasteiger partial charge in [-0.2, -0.15) is 5.10 Å². The first kappa shape index (κ1) is 17.8. The molecule has 2 rings (SSSR count). The number of benzene rings is 1. The van der Waals surface area contributed by atoms with Crippen LogP contribution < -0.4 is 5.43 Å². The van der Waals surface area contributed by atoms with Gasteiger partial charge in [-0.15, -0.1) is 0 Å². The predicted molar refractivity (Wildman–Crippen MR) is 87.3 cm³/mol. The van der Waals surface area contributed by atoms with Gasteiger partial charge in [-0.3, -0.25) is 25.0 Å². The lowest BCUT2D eigenvalue weighted by molar-refractivity contribution is -0.394. The molecular formula is C15H14N4O6. The SMILES string of the molecule is Cc1ccc(CCC(=O)NN=Cc2ccc([N+](=O)[O-])cc2[N+](=O)[O-])o1. The van der Waals surface area contributed by atoms with Crippen molar-refractivity contribution in [2.75, 3.05) is 0 Å². The van der Waals surface area contributed by atoms with E-state index in [2.05, 4.69) is 10.5 Å². The Morgan fingerprint density at radius 2 is 2.00 bits per heavy atom. The molecule has 0 fully saturated rings. The zero-order valence-corrected chi connectivity index (χ0v) is 13.2. The van der Waals surface area contributed by atoms with Crippen molar-refractivity contribution in [3.8, 4) is 0 Å². The Hall–Kier alpha value is -3.56. The van der Waals surface area contributed by atoms with Gasteiger partial charge in [-0.05, 0) is 25.1 Å². The first-order chi connectivity index (χ1) is 11.9. The number of aryl methyl sites for hydroxylation is 2. The number of hydrazone groups is 1. The van der Waals surface area contributed by atoms with Crippen molar-refractivity contribution in [1.82, 2.24) is 5.43 Å². The number of nitro benzene ring substituents is 2. The molecule has 0 aliphatic carbocycles. The van der Waals surface area contributed by atoms with Gasteiger partial charge < -0.3 is 4.42 Å². The number of nitro groups is 2. The largest absolute Gasteiger partial charge is 0.466 e. The van der Waals surface area contributed by atoms with E-state index in [1.807, 2.05) is 0 Å². The van der Waals surface area contributed by atoms with Crippen LogP contribution in [0, 0.1) is 27.2 Å². The topological polar surface area (TPSA) is 141 Å². The normalized spacial score (nSPS) is 10.8. The molecule has 10 nitrogen and oxygen atoms in total. The molecule has 1 aromatic heterocycles. The molecule has 0 spiro atoms. The van der Waals surface area contributed by atoms with Crippen LogP contribution in [0.4, 0.5) is 11.4 Å². The van der Waals surface area contributed by atoms with Crippen LogP contribution in [0.1, 0.15) is 23.5 Å². The van der Waals surface area contributed by atoms with Gasteiger partial charge >= 0.3 is 0 Å². The highest BCUT2D eigenvalue weighted by atomic mass is 16.6. The average molecular weight is 346 g/mol. The molecule has 1 aromatic carbocycles. The van der Waals surface area contributed by atoms with Gasteiger partial charge in [0.1, 0.15) is 11.5 Å². The Balaban J connectivity index is 1.97. The Morgan fingerprint density at radius 1 is 1.24 bits per heavy atom. The zero-order chi connectivity index (χ0) is 18.4. The Labute approximate surface area is 141 Å². The highest BCUT2D eigenvalue weighted by Gasteiger charge is 2.18. The van der Waals surface area contributed by atoms with Gasteiger partial charge in [0.2, 0.25) is 5.91 Å². The molecule has 0 radical (unpaired) electrons. The highest BCUT2D eigenvalue weighted by Crippen LogP contribution is 2.23. The Kier molecular flexibility index (Phi) is 5.56. The second-order valence-corrected chi connectivity index (χ2v) is 5.06. The Bertz CT molecular complexity index is 842. The molecule has 0 aliphatic heterocycles. The van der Waals surface area contributed by atoms with Gasteiger partial charge in [0, 0.05) is 18.9 Å². The first-order valence-corrected chi connectivity index (χ1v) is 7.17. The number of nitrogens with zero attached hydrogens (tertiary/aromatic N) is 3. The summed E-state index contributed by atoms with van der Waals surface area (Å²) in [4.78, 5) is 31.8. The number of nitrogens with one attached hydrogen (secondary N) is 1. The maximum Gasteiger partial charge on any atom is 0.285 e. The number of amides is 1. The van der Waals surface area contributed by atoms with Crippen molar-refractivity contribution in [2.45, 2.75) is 19.8 Å². The van der Waals surface area contributed by atoms with E-state index >= 15 is 0 Å². The van der Waals surface area contributed by atoms with E-state index in [1.165, 1.54) is 6.07 Å². The van der Waals surface area contributed by atoms with E-state index in [4.69, 9.17) is 4.42 Å². The minimum atomic E-state index is -0.755. The second kappa shape index (κ2) is 7.81. The lowest BCUT2D eigenvalue weighted by Crippen LogP contribution is -2.17. The number of hydrogen-bond donors (Lipinski definition) is 1. The molecule has 10 heteroatoms. The number of carbonyl (C=O) groups excluding carboxylic acids is 1. The molecule has 130 valence electrons. The quantitative estimate of drug-likeness (QED) is 0.464. The van der Waals surface area contributed by atoms with Gasteiger partial charge in [-0.25, -0.2) is 5.43 Å². The van der Waals surface area contributed by atoms with Gasteiger partial charge in [0.25, 0.3) is 11.4 Å². The molecular weight excluding hydrogens is 332 g/mol. The van der Waals surface area contributed by atoms with Crippen LogP contribution in [0.3, 0.4) is 0 Å². The van der Waals surface area contributed by atoms with Crippen LogP contribution >= 0.6 is 0 Å². The molecule has 0 atom stereocenters. The molecule has 1 N–H and O–H groups in total. The van der Waals surface area contributed by atoms with Crippen molar-refractivity contribution in [2.24, 2.45) is 5.10 Å². The molecule has 0 saturated heterocycles. The van der Waals surface area contributed by atoms with Crippen molar-refractivity contribution in [3.05, 3.63) is 67.6 Å². The summed E-state index contributed by atoms with van der Waals surface area (Å²) in [5, 5.41) is 25.3. The number of hydrogen-bond acceptors (Lipinski definition) is 7. The molecule has 0 saturated carbocycles. The summed E-state index contributed by atoms with van der Waals surface area (Å²) < 4.78 is 5.33. The van der Waals surface area contributed by atoms with Crippen LogP contribution in [0.2, 0.25) is 0 Å². The minimum Gasteiger partial charge on any atom is -0.466 e. The fourth-order valence-corrected chi connectivity index (χ4v) is 2.00. The van der Waals surface area contributed by atoms with Crippen molar-refractivity contribution in [3.63, 3.8) is 0 Å². The van der Waals surface area contributed by atoms with Crippen LogP contribution in [-0.2, 0) is 11.2 Å². The molecule has 0 aliphatic rings. The lowest BCUT2D eigenvalue weighted by Gasteiger charge is -1.99. The number of furan rings is 1. The maximum atomic E-state index is 11.7. The highest BCUT2D eigenvalue weighted by molar-refractivity contribution is 5.87. The smallest absolute Gasteiger partial charge is 0.285 e. The third-order valence-corrected chi connectivity index (χ3v) is 3.21.